The maximum Gasteiger partial charge on any atom is 0.327 e. The molecule has 0 amide bonds. The summed E-state index contributed by atoms with van der Waals surface area (Å²) in [5.74, 6) is -0.0587. The third-order valence-electron chi connectivity index (χ3n) is 3.45. The summed E-state index contributed by atoms with van der Waals surface area (Å²) in [7, 11) is 0. The number of hydrogen-bond donors (Lipinski definition) is 1. The summed E-state index contributed by atoms with van der Waals surface area (Å²) in [4.78, 5) is 16.9. The first-order valence-electron chi connectivity index (χ1n) is 6.90. The number of carbonyl (C=O) groups excluding carboxylic acids is 1. The highest BCUT2D eigenvalue weighted by Gasteiger charge is 2.32. The van der Waals surface area contributed by atoms with Gasteiger partial charge in [0, 0.05) is 0 Å². The maximum absolute atomic E-state index is 11.7. The highest BCUT2D eigenvalue weighted by atomic mass is 16.7. The minimum absolute atomic E-state index is 0.0923. The van der Waals surface area contributed by atoms with Crippen molar-refractivity contribution in [2.24, 2.45) is 5.92 Å². The zero-order chi connectivity index (χ0) is 13.8. The largest absolute Gasteiger partial charge is 0.369 e. The molecule has 20 heavy (non-hydrogen) atoms. The summed E-state index contributed by atoms with van der Waals surface area (Å²) in [6.07, 6.45) is 1.89. The Bertz CT molecular complexity index is 525. The molecule has 0 unspecified atom stereocenters. The lowest BCUT2D eigenvalue weighted by Crippen LogP contribution is -2.26. The monoisotopic (exact) mass is 267 g/mol. The van der Waals surface area contributed by atoms with Crippen LogP contribution in [0.5, 0.6) is 0 Å². The molecule has 0 aliphatic heterocycles. The minimum Gasteiger partial charge on any atom is -0.369 e. The molecule has 1 aliphatic rings. The van der Waals surface area contributed by atoms with Gasteiger partial charge in [0.15, 0.2) is 0 Å². The predicted molar refractivity (Wildman–Crippen MR) is 76.7 cm³/mol. The van der Waals surface area contributed by atoms with Crippen molar-refractivity contribution in [3.05, 3.63) is 71.8 Å². The first kappa shape index (κ1) is 12.9. The van der Waals surface area contributed by atoms with Gasteiger partial charge in [-0.15, -0.1) is 5.48 Å². The van der Waals surface area contributed by atoms with Crippen molar-refractivity contribution in [3.63, 3.8) is 0 Å². The molecule has 0 bridgehead atoms. The molecule has 2 aromatic carbocycles. The van der Waals surface area contributed by atoms with Gasteiger partial charge >= 0.3 is 5.97 Å². The summed E-state index contributed by atoms with van der Waals surface area (Å²) in [6, 6.07) is 19.8. The van der Waals surface area contributed by atoms with Crippen LogP contribution in [0.4, 0.5) is 0 Å². The first-order chi connectivity index (χ1) is 9.84. The lowest BCUT2D eigenvalue weighted by Gasteiger charge is -2.19. The topological polar surface area (TPSA) is 38.3 Å². The van der Waals surface area contributed by atoms with Gasteiger partial charge in [-0.25, -0.2) is 0 Å². The van der Waals surface area contributed by atoms with Crippen LogP contribution < -0.4 is 5.48 Å². The molecule has 1 N–H and O–H groups in total. The zero-order valence-electron chi connectivity index (χ0n) is 11.2. The quantitative estimate of drug-likeness (QED) is 0.845. The van der Waals surface area contributed by atoms with Gasteiger partial charge < -0.3 is 4.84 Å². The van der Waals surface area contributed by atoms with E-state index in [0.29, 0.717) is 0 Å². The van der Waals surface area contributed by atoms with E-state index in [2.05, 4.69) is 5.48 Å². The van der Waals surface area contributed by atoms with Gasteiger partial charge in [-0.05, 0) is 24.0 Å². The minimum atomic E-state index is -0.151. The highest BCUT2D eigenvalue weighted by molar-refractivity contribution is 5.74. The average Bonchev–Trinajstić information content (AvgIpc) is 3.34. The van der Waals surface area contributed by atoms with Gasteiger partial charge in [0.25, 0.3) is 0 Å². The van der Waals surface area contributed by atoms with E-state index in [4.69, 9.17) is 4.84 Å². The molecule has 0 spiro atoms. The van der Waals surface area contributed by atoms with Gasteiger partial charge in [-0.3, -0.25) is 4.79 Å². The van der Waals surface area contributed by atoms with E-state index < -0.39 is 0 Å². The Balaban J connectivity index is 1.78. The van der Waals surface area contributed by atoms with E-state index in [9.17, 15) is 4.79 Å². The van der Waals surface area contributed by atoms with Crippen molar-refractivity contribution in [1.29, 1.82) is 0 Å². The maximum atomic E-state index is 11.7. The summed E-state index contributed by atoms with van der Waals surface area (Å²) < 4.78 is 0. The van der Waals surface area contributed by atoms with Crippen LogP contribution in [-0.4, -0.2) is 5.97 Å². The van der Waals surface area contributed by atoms with Gasteiger partial charge in [0.2, 0.25) is 0 Å². The molecule has 2 aromatic rings. The Kier molecular flexibility index (Phi) is 3.79. The molecule has 3 rings (SSSR count). The smallest absolute Gasteiger partial charge is 0.327 e. The molecule has 102 valence electrons. The van der Waals surface area contributed by atoms with Crippen LogP contribution in [-0.2, 0) is 9.63 Å². The van der Waals surface area contributed by atoms with E-state index in [-0.39, 0.29) is 17.9 Å². The fourth-order valence-electron chi connectivity index (χ4n) is 2.14. The van der Waals surface area contributed by atoms with Crippen molar-refractivity contribution in [2.75, 3.05) is 0 Å². The second-order valence-corrected chi connectivity index (χ2v) is 5.07. The Morgan fingerprint density at radius 2 is 1.45 bits per heavy atom. The van der Waals surface area contributed by atoms with Crippen LogP contribution >= 0.6 is 0 Å². The van der Waals surface area contributed by atoms with Gasteiger partial charge in [0.1, 0.15) is 0 Å². The second-order valence-electron chi connectivity index (χ2n) is 5.07. The Morgan fingerprint density at radius 1 is 0.950 bits per heavy atom. The van der Waals surface area contributed by atoms with Crippen LogP contribution in [0.2, 0.25) is 0 Å². The number of carbonyl (C=O) groups is 1. The van der Waals surface area contributed by atoms with Crippen molar-refractivity contribution in [1.82, 2.24) is 5.48 Å². The standard InChI is InChI=1S/C17H17NO2/c19-17(15-11-12-15)20-18-16(13-7-3-1-4-8-13)14-9-5-2-6-10-14/h1-10,15-16,18H,11-12H2. The molecular formula is C17H17NO2. The molecule has 0 aromatic heterocycles. The predicted octanol–water partition coefficient (Wildman–Crippen LogP) is 3.23. The Hall–Kier alpha value is -2.13. The van der Waals surface area contributed by atoms with Crippen LogP contribution in [0.15, 0.2) is 60.7 Å². The van der Waals surface area contributed by atoms with E-state index in [1.807, 2.05) is 60.7 Å². The normalized spacial score (nSPS) is 14.2. The van der Waals surface area contributed by atoms with Crippen molar-refractivity contribution in [2.45, 2.75) is 18.9 Å². The first-order valence-corrected chi connectivity index (χ1v) is 6.90. The molecule has 1 saturated carbocycles. The molecule has 1 aliphatic carbocycles. The number of rotatable bonds is 5. The van der Waals surface area contributed by atoms with Crippen molar-refractivity contribution < 1.29 is 9.63 Å². The molecular weight excluding hydrogens is 250 g/mol. The number of nitrogens with one attached hydrogen (secondary N) is 1. The molecule has 1 fully saturated rings. The fraction of sp³-hybridized carbons (Fsp3) is 0.235. The van der Waals surface area contributed by atoms with Gasteiger partial charge in [-0.2, -0.15) is 0 Å². The van der Waals surface area contributed by atoms with Crippen LogP contribution in [0, 0.1) is 5.92 Å². The molecule has 3 nitrogen and oxygen atoms in total. The average molecular weight is 267 g/mol. The summed E-state index contributed by atoms with van der Waals surface area (Å²) in [5, 5.41) is 0. The molecule has 0 heterocycles. The summed E-state index contributed by atoms with van der Waals surface area (Å²) in [6.45, 7) is 0. The molecule has 3 heteroatoms. The van der Waals surface area contributed by atoms with Gasteiger partial charge in [0.05, 0.1) is 12.0 Å². The Morgan fingerprint density at radius 3 is 1.90 bits per heavy atom. The molecule has 0 radical (unpaired) electrons. The zero-order valence-corrected chi connectivity index (χ0v) is 11.2. The van der Waals surface area contributed by atoms with E-state index in [1.165, 1.54) is 0 Å². The van der Waals surface area contributed by atoms with Crippen molar-refractivity contribution >= 4 is 5.97 Å². The Labute approximate surface area is 118 Å². The third kappa shape index (κ3) is 3.06. The van der Waals surface area contributed by atoms with E-state index in [0.717, 1.165) is 24.0 Å². The lowest BCUT2D eigenvalue weighted by atomic mass is 10.00. The lowest BCUT2D eigenvalue weighted by molar-refractivity contribution is -0.154. The number of hydrogen-bond acceptors (Lipinski definition) is 3. The fourth-order valence-corrected chi connectivity index (χ4v) is 2.14. The SMILES string of the molecule is O=C(ONC(c1ccccc1)c1ccccc1)C1CC1. The van der Waals surface area contributed by atoms with Crippen LogP contribution in [0.1, 0.15) is 30.0 Å². The second kappa shape index (κ2) is 5.88. The van der Waals surface area contributed by atoms with E-state index >= 15 is 0 Å². The van der Waals surface area contributed by atoms with Crippen LogP contribution in [0.3, 0.4) is 0 Å². The van der Waals surface area contributed by atoms with Crippen molar-refractivity contribution in [3.8, 4) is 0 Å². The number of hydroxylamine groups is 1. The van der Waals surface area contributed by atoms with Gasteiger partial charge in [-0.1, -0.05) is 60.7 Å². The van der Waals surface area contributed by atoms with Crippen LogP contribution in [0.25, 0.3) is 0 Å². The summed E-state index contributed by atoms with van der Waals surface area (Å²) >= 11 is 0. The number of benzene rings is 2. The van der Waals surface area contributed by atoms with E-state index in [1.54, 1.807) is 0 Å². The molecule has 0 saturated heterocycles. The molecule has 0 atom stereocenters. The highest BCUT2D eigenvalue weighted by Crippen LogP contribution is 2.30. The third-order valence-corrected chi connectivity index (χ3v) is 3.45. The summed E-state index contributed by atoms with van der Waals surface area (Å²) in [5.41, 5.74) is 5.07.